The van der Waals surface area contributed by atoms with Crippen LogP contribution in [0.1, 0.15) is 15.9 Å². The molecule has 2 N–H and O–H groups in total. The van der Waals surface area contributed by atoms with Crippen LogP contribution in [-0.4, -0.2) is 17.3 Å². The Hall–Kier alpha value is -1.94. The van der Waals surface area contributed by atoms with E-state index in [1.54, 1.807) is 30.8 Å². The number of amides is 1. The summed E-state index contributed by atoms with van der Waals surface area (Å²) in [6.45, 7) is 1.80. The summed E-state index contributed by atoms with van der Waals surface area (Å²) in [6.07, 6.45) is 1.97. The van der Waals surface area contributed by atoms with Gasteiger partial charge in [0.2, 0.25) is 0 Å². The molecule has 19 heavy (non-hydrogen) atoms. The van der Waals surface area contributed by atoms with Gasteiger partial charge in [-0.1, -0.05) is 12.1 Å². The molecule has 0 fully saturated rings. The number of hydrogen-bond donors (Lipinski definition) is 2. The molecule has 2 aromatic rings. The van der Waals surface area contributed by atoms with Crippen LogP contribution in [0.3, 0.4) is 0 Å². The Balaban J connectivity index is 2.26. The van der Waals surface area contributed by atoms with Gasteiger partial charge in [0.05, 0.1) is 5.69 Å². The second kappa shape index (κ2) is 5.80. The van der Waals surface area contributed by atoms with Gasteiger partial charge in [0, 0.05) is 10.5 Å². The molecule has 2 rings (SSSR count). The summed E-state index contributed by atoms with van der Waals surface area (Å²) < 4.78 is 0. The number of rotatable bonds is 3. The van der Waals surface area contributed by atoms with Gasteiger partial charge in [0.15, 0.2) is 0 Å². The van der Waals surface area contributed by atoms with Crippen LogP contribution in [0.15, 0.2) is 47.4 Å². The first-order chi connectivity index (χ1) is 9.11. The smallest absolute Gasteiger partial charge is 0.255 e. The molecule has 2 aromatic carbocycles. The predicted octanol–water partition coefficient (Wildman–Crippen LogP) is 3.67. The van der Waals surface area contributed by atoms with Crippen LogP contribution in [-0.2, 0) is 0 Å². The number of benzene rings is 2. The van der Waals surface area contributed by atoms with Crippen LogP contribution in [0.25, 0.3) is 0 Å². The predicted molar refractivity (Wildman–Crippen MR) is 79.0 cm³/mol. The van der Waals surface area contributed by atoms with Gasteiger partial charge in [-0.3, -0.25) is 4.79 Å². The SMILES string of the molecule is CSc1ccccc1NC(=O)c1ccc(O)cc1C. The highest BCUT2D eigenvalue weighted by atomic mass is 32.2. The first-order valence-corrected chi connectivity index (χ1v) is 7.08. The summed E-state index contributed by atoms with van der Waals surface area (Å²) in [5, 5.41) is 12.3. The fraction of sp³-hybridized carbons (Fsp3) is 0.133. The Morgan fingerprint density at radius 3 is 2.63 bits per heavy atom. The maximum absolute atomic E-state index is 12.2. The van der Waals surface area contributed by atoms with E-state index in [2.05, 4.69) is 5.32 Å². The number of para-hydroxylation sites is 1. The first kappa shape index (κ1) is 13.5. The summed E-state index contributed by atoms with van der Waals surface area (Å²) in [6, 6.07) is 12.4. The van der Waals surface area contributed by atoms with E-state index >= 15 is 0 Å². The van der Waals surface area contributed by atoms with Gasteiger partial charge in [0.25, 0.3) is 5.91 Å². The first-order valence-electron chi connectivity index (χ1n) is 5.86. The average Bonchev–Trinajstić information content (AvgIpc) is 2.39. The number of thioether (sulfide) groups is 1. The molecule has 0 aromatic heterocycles. The third-order valence-electron chi connectivity index (χ3n) is 2.81. The van der Waals surface area contributed by atoms with E-state index in [1.807, 2.05) is 30.5 Å². The Kier molecular flexibility index (Phi) is 4.12. The normalized spacial score (nSPS) is 10.2. The van der Waals surface area contributed by atoms with Gasteiger partial charge in [-0.15, -0.1) is 11.8 Å². The van der Waals surface area contributed by atoms with Crippen molar-refractivity contribution in [1.82, 2.24) is 0 Å². The lowest BCUT2D eigenvalue weighted by atomic mass is 10.1. The minimum Gasteiger partial charge on any atom is -0.508 e. The number of phenols is 1. The fourth-order valence-corrected chi connectivity index (χ4v) is 2.39. The third-order valence-corrected chi connectivity index (χ3v) is 3.61. The van der Waals surface area contributed by atoms with E-state index in [0.29, 0.717) is 5.56 Å². The van der Waals surface area contributed by atoms with Crippen molar-refractivity contribution < 1.29 is 9.90 Å². The molecule has 3 nitrogen and oxygen atoms in total. The van der Waals surface area contributed by atoms with E-state index in [-0.39, 0.29) is 11.7 Å². The highest BCUT2D eigenvalue weighted by Crippen LogP contribution is 2.25. The highest BCUT2D eigenvalue weighted by molar-refractivity contribution is 7.98. The van der Waals surface area contributed by atoms with Gasteiger partial charge in [-0.2, -0.15) is 0 Å². The van der Waals surface area contributed by atoms with Crippen LogP contribution in [0.5, 0.6) is 5.75 Å². The molecule has 1 amide bonds. The van der Waals surface area contributed by atoms with Crippen molar-refractivity contribution in [1.29, 1.82) is 0 Å². The molecule has 0 unspecified atom stereocenters. The van der Waals surface area contributed by atoms with Crippen molar-refractivity contribution in [3.8, 4) is 5.75 Å². The van der Waals surface area contributed by atoms with Gasteiger partial charge < -0.3 is 10.4 Å². The number of aryl methyl sites for hydroxylation is 1. The summed E-state index contributed by atoms with van der Waals surface area (Å²) in [7, 11) is 0. The molecule has 4 heteroatoms. The van der Waals surface area contributed by atoms with Gasteiger partial charge in [0.1, 0.15) is 5.75 Å². The van der Waals surface area contributed by atoms with Crippen molar-refractivity contribution >= 4 is 23.4 Å². The van der Waals surface area contributed by atoms with E-state index in [0.717, 1.165) is 16.1 Å². The van der Waals surface area contributed by atoms with E-state index in [4.69, 9.17) is 0 Å². The van der Waals surface area contributed by atoms with Crippen molar-refractivity contribution in [2.45, 2.75) is 11.8 Å². The average molecular weight is 273 g/mol. The molecule has 0 aliphatic heterocycles. The molecule has 0 bridgehead atoms. The minimum absolute atomic E-state index is 0.165. The number of nitrogens with one attached hydrogen (secondary N) is 1. The standard InChI is InChI=1S/C15H15NO2S/c1-10-9-11(17)7-8-12(10)15(18)16-13-5-3-4-6-14(13)19-2/h3-9,17H,1-2H3,(H,16,18). The maximum atomic E-state index is 12.2. The fourth-order valence-electron chi connectivity index (χ4n) is 1.84. The number of carbonyl (C=O) groups is 1. The topological polar surface area (TPSA) is 49.3 Å². The number of carbonyl (C=O) groups excluding carboxylic acids is 1. The number of hydrogen-bond acceptors (Lipinski definition) is 3. The number of anilines is 1. The minimum atomic E-state index is -0.168. The monoisotopic (exact) mass is 273 g/mol. The lowest BCUT2D eigenvalue weighted by Gasteiger charge is -2.10. The second-order valence-corrected chi connectivity index (χ2v) is 5.00. The van der Waals surface area contributed by atoms with Crippen LogP contribution < -0.4 is 5.32 Å². The molecule has 0 saturated heterocycles. The van der Waals surface area contributed by atoms with Crippen LogP contribution >= 0.6 is 11.8 Å². The third kappa shape index (κ3) is 3.09. The zero-order valence-corrected chi connectivity index (χ0v) is 11.6. The van der Waals surface area contributed by atoms with Crippen LogP contribution in [0.2, 0.25) is 0 Å². The lowest BCUT2D eigenvalue weighted by Crippen LogP contribution is -2.13. The van der Waals surface area contributed by atoms with Crippen molar-refractivity contribution in [2.24, 2.45) is 0 Å². The quantitative estimate of drug-likeness (QED) is 0.839. The number of phenolic OH excluding ortho intramolecular Hbond substituents is 1. The second-order valence-electron chi connectivity index (χ2n) is 4.15. The summed E-state index contributed by atoms with van der Waals surface area (Å²) in [5.41, 5.74) is 2.11. The molecule has 0 saturated carbocycles. The zero-order valence-electron chi connectivity index (χ0n) is 10.8. The highest BCUT2D eigenvalue weighted by Gasteiger charge is 2.11. The molecule has 0 heterocycles. The molecule has 98 valence electrons. The Bertz CT molecular complexity index is 611. The Labute approximate surface area is 116 Å². The summed E-state index contributed by atoms with van der Waals surface area (Å²) in [5.74, 6) is -0.00226. The summed E-state index contributed by atoms with van der Waals surface area (Å²) in [4.78, 5) is 13.2. The summed E-state index contributed by atoms with van der Waals surface area (Å²) >= 11 is 1.58. The van der Waals surface area contributed by atoms with Crippen molar-refractivity contribution in [3.05, 3.63) is 53.6 Å². The van der Waals surface area contributed by atoms with Gasteiger partial charge >= 0.3 is 0 Å². The Morgan fingerprint density at radius 1 is 1.21 bits per heavy atom. The largest absolute Gasteiger partial charge is 0.508 e. The van der Waals surface area contributed by atoms with Crippen LogP contribution in [0.4, 0.5) is 5.69 Å². The molecule has 0 spiro atoms. The molecule has 0 aliphatic carbocycles. The van der Waals surface area contributed by atoms with Crippen molar-refractivity contribution in [3.63, 3.8) is 0 Å². The Morgan fingerprint density at radius 2 is 1.95 bits per heavy atom. The molecule has 0 atom stereocenters. The van der Waals surface area contributed by atoms with E-state index in [1.165, 1.54) is 6.07 Å². The molecular weight excluding hydrogens is 258 g/mol. The van der Waals surface area contributed by atoms with Gasteiger partial charge in [-0.25, -0.2) is 0 Å². The molecular formula is C15H15NO2S. The van der Waals surface area contributed by atoms with E-state index < -0.39 is 0 Å². The van der Waals surface area contributed by atoms with Crippen molar-refractivity contribution in [2.75, 3.05) is 11.6 Å². The van der Waals surface area contributed by atoms with Crippen LogP contribution in [0, 0.1) is 6.92 Å². The lowest BCUT2D eigenvalue weighted by molar-refractivity contribution is 0.102. The molecule has 0 radical (unpaired) electrons. The number of aromatic hydroxyl groups is 1. The van der Waals surface area contributed by atoms with E-state index in [9.17, 15) is 9.90 Å². The van der Waals surface area contributed by atoms with Gasteiger partial charge in [-0.05, 0) is 49.1 Å². The zero-order chi connectivity index (χ0) is 13.8. The molecule has 0 aliphatic rings. The maximum Gasteiger partial charge on any atom is 0.255 e.